The van der Waals surface area contributed by atoms with Crippen LogP contribution in [-0.2, 0) is 19.9 Å². The van der Waals surface area contributed by atoms with Gasteiger partial charge in [-0.15, -0.1) is 0 Å². The van der Waals surface area contributed by atoms with Crippen molar-refractivity contribution in [1.82, 2.24) is 4.57 Å². The number of nitrogens with two attached hydrogens (primary N) is 1. The molecule has 17 heavy (non-hydrogen) atoms. The fourth-order valence-electron chi connectivity index (χ4n) is 2.36. The lowest BCUT2D eigenvalue weighted by molar-refractivity contribution is 0.668. The third kappa shape index (κ3) is 1.85. The van der Waals surface area contributed by atoms with Crippen LogP contribution in [0.3, 0.4) is 0 Å². The number of aromatic nitrogens is 1. The Balaban J connectivity index is 2.83. The quantitative estimate of drug-likeness (QED) is 0.469. The Bertz CT molecular complexity index is 578. The van der Waals surface area contributed by atoms with Gasteiger partial charge in [-0.2, -0.15) is 5.26 Å². The van der Waals surface area contributed by atoms with E-state index in [0.29, 0.717) is 11.4 Å². The van der Waals surface area contributed by atoms with Gasteiger partial charge in [0.15, 0.2) is 5.82 Å². The van der Waals surface area contributed by atoms with Gasteiger partial charge in [-0.1, -0.05) is 12.2 Å². The highest BCUT2D eigenvalue weighted by Gasteiger charge is 2.20. The van der Waals surface area contributed by atoms with Crippen LogP contribution in [0.1, 0.15) is 29.5 Å². The number of nitriles is 1. The van der Waals surface area contributed by atoms with Crippen molar-refractivity contribution in [3.05, 3.63) is 21.3 Å². The first-order valence-corrected chi connectivity index (χ1v) is 6.00. The Morgan fingerprint density at radius 1 is 1.41 bits per heavy atom. The minimum atomic E-state index is 0.570. The van der Waals surface area contributed by atoms with E-state index in [0.717, 1.165) is 41.5 Å². The largest absolute Gasteiger partial charge is 0.390 e. The highest BCUT2D eigenvalue weighted by atomic mass is 32.1. The molecule has 2 N–H and O–H groups in total. The molecule has 0 bridgehead atoms. The van der Waals surface area contributed by atoms with Gasteiger partial charge >= 0.3 is 0 Å². The molecule has 0 spiro atoms. The molecule has 0 fully saturated rings. The number of pyridine rings is 1. The summed E-state index contributed by atoms with van der Waals surface area (Å²) in [5, 5.41) is 9.30. The predicted molar refractivity (Wildman–Crippen MR) is 69.9 cm³/mol. The number of aliphatic imine (C=N–C) groups is 1. The van der Waals surface area contributed by atoms with Crippen LogP contribution >= 0.6 is 12.2 Å². The standard InChI is InChI=1S/C12H14N4S/c1-16-11(15-7-14)10(6-13)8-4-2-3-5-9(8)12(16)17/h7H,2-5H2,1H3,(H2,14,15). The van der Waals surface area contributed by atoms with Crippen LogP contribution < -0.4 is 5.73 Å². The van der Waals surface area contributed by atoms with E-state index in [-0.39, 0.29) is 0 Å². The van der Waals surface area contributed by atoms with Gasteiger partial charge in [0.05, 0.1) is 11.9 Å². The van der Waals surface area contributed by atoms with Gasteiger partial charge in [-0.05, 0) is 36.8 Å². The Labute approximate surface area is 105 Å². The molecule has 0 saturated carbocycles. The van der Waals surface area contributed by atoms with Crippen LogP contribution in [0.5, 0.6) is 0 Å². The van der Waals surface area contributed by atoms with E-state index in [9.17, 15) is 5.26 Å². The summed E-state index contributed by atoms with van der Waals surface area (Å²) in [6.45, 7) is 0. The van der Waals surface area contributed by atoms with E-state index in [1.807, 2.05) is 7.05 Å². The minimum Gasteiger partial charge on any atom is -0.390 e. The van der Waals surface area contributed by atoms with Crippen molar-refractivity contribution in [3.63, 3.8) is 0 Å². The van der Waals surface area contributed by atoms with Crippen LogP contribution in [0, 0.1) is 16.0 Å². The number of fused-ring (bicyclic) bond motifs is 1. The second-order valence-corrected chi connectivity index (χ2v) is 4.50. The van der Waals surface area contributed by atoms with Crippen LogP contribution in [0.15, 0.2) is 4.99 Å². The van der Waals surface area contributed by atoms with E-state index in [4.69, 9.17) is 18.0 Å². The minimum absolute atomic E-state index is 0.570. The van der Waals surface area contributed by atoms with Crippen molar-refractivity contribution in [2.24, 2.45) is 17.8 Å². The second-order valence-electron chi connectivity index (χ2n) is 4.12. The molecule has 0 unspecified atom stereocenters. The molecule has 0 atom stereocenters. The first-order chi connectivity index (χ1) is 8.20. The average Bonchev–Trinajstić information content (AvgIpc) is 2.36. The summed E-state index contributed by atoms with van der Waals surface area (Å²) in [6.07, 6.45) is 5.33. The van der Waals surface area contributed by atoms with Gasteiger partial charge < -0.3 is 10.3 Å². The van der Waals surface area contributed by atoms with E-state index >= 15 is 0 Å². The Hall–Kier alpha value is -1.67. The molecular weight excluding hydrogens is 232 g/mol. The Kier molecular flexibility index (Phi) is 3.25. The van der Waals surface area contributed by atoms with Gasteiger partial charge in [0.2, 0.25) is 0 Å². The summed E-state index contributed by atoms with van der Waals surface area (Å²) in [6, 6.07) is 2.24. The molecule has 1 aromatic heterocycles. The topological polar surface area (TPSA) is 67.1 Å². The zero-order valence-electron chi connectivity index (χ0n) is 9.73. The van der Waals surface area contributed by atoms with Gasteiger partial charge in [-0.3, -0.25) is 0 Å². The molecule has 2 rings (SSSR count). The Morgan fingerprint density at radius 3 is 2.65 bits per heavy atom. The van der Waals surface area contributed by atoms with Gasteiger partial charge in [-0.25, -0.2) is 4.99 Å². The van der Waals surface area contributed by atoms with Crippen LogP contribution in [-0.4, -0.2) is 10.9 Å². The molecule has 0 aromatic carbocycles. The fraction of sp³-hybridized carbons (Fsp3) is 0.417. The smallest absolute Gasteiger partial charge is 0.153 e. The second kappa shape index (κ2) is 4.68. The lowest BCUT2D eigenvalue weighted by atomic mass is 9.90. The van der Waals surface area contributed by atoms with E-state index in [2.05, 4.69) is 11.1 Å². The highest BCUT2D eigenvalue weighted by molar-refractivity contribution is 7.71. The molecule has 1 aliphatic rings. The third-order valence-electron chi connectivity index (χ3n) is 3.18. The third-order valence-corrected chi connectivity index (χ3v) is 3.70. The van der Waals surface area contributed by atoms with Gasteiger partial charge in [0.1, 0.15) is 10.7 Å². The molecular formula is C12H14N4S. The van der Waals surface area contributed by atoms with E-state index in [1.54, 1.807) is 4.57 Å². The molecule has 0 amide bonds. The SMILES string of the molecule is Cn1c(/N=C/N)c(C#N)c2c(c1=S)CCCC2. The van der Waals surface area contributed by atoms with Crippen molar-refractivity contribution < 1.29 is 0 Å². The Morgan fingerprint density at radius 2 is 2.06 bits per heavy atom. The van der Waals surface area contributed by atoms with Crippen molar-refractivity contribution >= 4 is 24.4 Å². The molecule has 5 heteroatoms. The molecule has 0 radical (unpaired) electrons. The number of rotatable bonds is 1. The molecule has 1 aromatic rings. The average molecular weight is 246 g/mol. The molecule has 88 valence electrons. The van der Waals surface area contributed by atoms with Crippen molar-refractivity contribution in [3.8, 4) is 6.07 Å². The molecule has 1 aliphatic carbocycles. The van der Waals surface area contributed by atoms with Crippen molar-refractivity contribution in [1.29, 1.82) is 5.26 Å². The summed E-state index contributed by atoms with van der Waals surface area (Å²) in [5.74, 6) is 0.570. The van der Waals surface area contributed by atoms with Crippen LogP contribution in [0.25, 0.3) is 0 Å². The zero-order chi connectivity index (χ0) is 12.4. The van der Waals surface area contributed by atoms with Crippen molar-refractivity contribution in [2.75, 3.05) is 0 Å². The maximum absolute atomic E-state index is 9.30. The summed E-state index contributed by atoms with van der Waals surface area (Å²) >= 11 is 5.43. The van der Waals surface area contributed by atoms with E-state index < -0.39 is 0 Å². The fourth-order valence-corrected chi connectivity index (χ4v) is 2.67. The zero-order valence-corrected chi connectivity index (χ0v) is 10.5. The van der Waals surface area contributed by atoms with Gasteiger partial charge in [0.25, 0.3) is 0 Å². The van der Waals surface area contributed by atoms with Crippen LogP contribution in [0.2, 0.25) is 0 Å². The first-order valence-electron chi connectivity index (χ1n) is 5.59. The van der Waals surface area contributed by atoms with Crippen LogP contribution in [0.4, 0.5) is 5.82 Å². The molecule has 1 heterocycles. The highest BCUT2D eigenvalue weighted by Crippen LogP contribution is 2.31. The maximum Gasteiger partial charge on any atom is 0.153 e. The normalized spacial score (nSPS) is 14.6. The first kappa shape index (κ1) is 11.8. The monoisotopic (exact) mass is 246 g/mol. The summed E-state index contributed by atoms with van der Waals surface area (Å²) in [5.41, 5.74) is 8.17. The number of hydrogen-bond acceptors (Lipinski definition) is 3. The van der Waals surface area contributed by atoms with Crippen molar-refractivity contribution in [2.45, 2.75) is 25.7 Å². The number of nitrogens with zero attached hydrogens (tertiary/aromatic N) is 3. The van der Waals surface area contributed by atoms with Gasteiger partial charge in [0, 0.05) is 7.05 Å². The molecule has 4 nitrogen and oxygen atoms in total. The lowest BCUT2D eigenvalue weighted by Gasteiger charge is -2.20. The van der Waals surface area contributed by atoms with E-state index in [1.165, 1.54) is 6.34 Å². The summed E-state index contributed by atoms with van der Waals surface area (Å²) < 4.78 is 2.56. The summed E-state index contributed by atoms with van der Waals surface area (Å²) in [4.78, 5) is 4.07. The molecule has 0 saturated heterocycles. The molecule has 0 aliphatic heterocycles. The maximum atomic E-state index is 9.30. The predicted octanol–water partition coefficient (Wildman–Crippen LogP) is 2.12. The summed E-state index contributed by atoms with van der Waals surface area (Å²) in [7, 11) is 1.83. The number of hydrogen-bond donors (Lipinski definition) is 1. The lowest BCUT2D eigenvalue weighted by Crippen LogP contribution is -2.12.